The lowest BCUT2D eigenvalue weighted by Gasteiger charge is -2.25. The Morgan fingerprint density at radius 2 is 1.82 bits per heavy atom. The number of nitro groups is 1. The van der Waals surface area contributed by atoms with Crippen molar-refractivity contribution < 1.29 is 33.5 Å². The molecule has 0 saturated heterocycles. The monoisotopic (exact) mass is 484 g/mol. The van der Waals surface area contributed by atoms with Crippen LogP contribution in [-0.2, 0) is 20.9 Å². The topological polar surface area (TPSA) is 117 Å². The first-order chi connectivity index (χ1) is 16.5. The Hall–Kier alpha value is -4.12. The highest BCUT2D eigenvalue weighted by atomic mass is 32.1. The number of carbonyl (C=O) groups is 2. The summed E-state index contributed by atoms with van der Waals surface area (Å²) in [6.45, 7) is 0.0350. The van der Waals surface area contributed by atoms with Crippen molar-refractivity contribution in [2.24, 2.45) is 0 Å². The summed E-state index contributed by atoms with van der Waals surface area (Å²) in [7, 11) is 0. The number of hydrogen-bond donors (Lipinski definition) is 0. The molecule has 2 heterocycles. The highest BCUT2D eigenvalue weighted by molar-refractivity contribution is 7.09. The van der Waals surface area contributed by atoms with Gasteiger partial charge in [0.1, 0.15) is 13.2 Å². The molecule has 176 valence electrons. The van der Waals surface area contributed by atoms with Gasteiger partial charge in [-0.15, -0.1) is 11.3 Å². The normalized spacial score (nSPS) is 12.0. The molecule has 0 saturated carbocycles. The number of rotatable bonds is 9. The lowest BCUT2D eigenvalue weighted by molar-refractivity contribution is -0.385. The number of thiophene rings is 1. The van der Waals surface area contributed by atoms with E-state index in [0.29, 0.717) is 30.4 Å². The summed E-state index contributed by atoms with van der Waals surface area (Å²) in [5.74, 6) is -0.222. The van der Waals surface area contributed by atoms with E-state index in [1.165, 1.54) is 34.4 Å². The number of ether oxygens (including phenoxy) is 4. The van der Waals surface area contributed by atoms with Gasteiger partial charge in [0.2, 0.25) is 0 Å². The number of benzene rings is 2. The SMILES string of the molecule is O=C(COc1ccccc1[N+](=O)[O-])OCC(=O)N(Cc1cccs1)c1ccc2c(c1)OCCO2. The van der Waals surface area contributed by atoms with Crippen LogP contribution >= 0.6 is 11.3 Å². The van der Waals surface area contributed by atoms with Crippen LogP contribution in [0.15, 0.2) is 60.0 Å². The third-order valence-electron chi connectivity index (χ3n) is 4.80. The predicted octanol–water partition coefficient (Wildman–Crippen LogP) is 3.58. The molecule has 34 heavy (non-hydrogen) atoms. The van der Waals surface area contributed by atoms with E-state index < -0.39 is 30.0 Å². The van der Waals surface area contributed by atoms with E-state index >= 15 is 0 Å². The van der Waals surface area contributed by atoms with E-state index in [0.717, 1.165) is 4.88 Å². The van der Waals surface area contributed by atoms with Gasteiger partial charge in [-0.3, -0.25) is 14.9 Å². The molecule has 11 heteroatoms. The third-order valence-corrected chi connectivity index (χ3v) is 5.66. The molecular weight excluding hydrogens is 464 g/mol. The van der Waals surface area contributed by atoms with E-state index in [9.17, 15) is 19.7 Å². The van der Waals surface area contributed by atoms with Gasteiger partial charge in [0, 0.05) is 22.7 Å². The van der Waals surface area contributed by atoms with Crippen molar-refractivity contribution in [3.05, 3.63) is 75.0 Å². The largest absolute Gasteiger partial charge is 0.486 e. The Morgan fingerprint density at radius 1 is 1.03 bits per heavy atom. The fraction of sp³-hybridized carbons (Fsp3) is 0.217. The van der Waals surface area contributed by atoms with Gasteiger partial charge in [0.15, 0.2) is 30.5 Å². The molecule has 1 amide bonds. The van der Waals surface area contributed by atoms with Gasteiger partial charge in [-0.05, 0) is 29.6 Å². The number of fused-ring (bicyclic) bond motifs is 1. The second-order valence-electron chi connectivity index (χ2n) is 7.06. The second-order valence-corrected chi connectivity index (χ2v) is 8.09. The average molecular weight is 484 g/mol. The zero-order valence-electron chi connectivity index (χ0n) is 17.9. The summed E-state index contributed by atoms with van der Waals surface area (Å²) in [5, 5.41) is 13.0. The van der Waals surface area contributed by atoms with E-state index in [-0.39, 0.29) is 18.0 Å². The number of anilines is 1. The summed E-state index contributed by atoms with van der Waals surface area (Å²) < 4.78 is 21.5. The van der Waals surface area contributed by atoms with E-state index in [1.807, 2.05) is 17.5 Å². The Bertz CT molecular complexity index is 1180. The molecule has 0 unspecified atom stereocenters. The maximum Gasteiger partial charge on any atom is 0.344 e. The van der Waals surface area contributed by atoms with Crippen molar-refractivity contribution >= 4 is 34.6 Å². The van der Waals surface area contributed by atoms with Crippen LogP contribution in [0, 0.1) is 10.1 Å². The maximum absolute atomic E-state index is 13.0. The molecule has 0 fully saturated rings. The molecule has 0 atom stereocenters. The highest BCUT2D eigenvalue weighted by Crippen LogP contribution is 2.34. The lowest BCUT2D eigenvalue weighted by atomic mass is 10.2. The first-order valence-electron chi connectivity index (χ1n) is 10.3. The third kappa shape index (κ3) is 5.62. The summed E-state index contributed by atoms with van der Waals surface area (Å²) in [4.78, 5) is 38.0. The Kier molecular flexibility index (Phi) is 7.23. The van der Waals surface area contributed by atoms with Gasteiger partial charge in [-0.1, -0.05) is 18.2 Å². The molecule has 2 aromatic carbocycles. The van der Waals surface area contributed by atoms with Gasteiger partial charge >= 0.3 is 11.7 Å². The minimum absolute atomic E-state index is 0.0635. The predicted molar refractivity (Wildman–Crippen MR) is 122 cm³/mol. The van der Waals surface area contributed by atoms with Crippen LogP contribution in [0.25, 0.3) is 0 Å². The summed E-state index contributed by atoms with van der Waals surface area (Å²) in [6, 6.07) is 14.6. The van der Waals surface area contributed by atoms with Crippen molar-refractivity contribution in [1.82, 2.24) is 0 Å². The number of nitrogens with zero attached hydrogens (tertiary/aromatic N) is 2. The molecular formula is C23H20N2O8S. The molecule has 0 bridgehead atoms. The summed E-state index contributed by atoms with van der Waals surface area (Å²) in [5.41, 5.74) is 0.293. The zero-order valence-corrected chi connectivity index (χ0v) is 18.7. The van der Waals surface area contributed by atoms with Crippen molar-refractivity contribution in [3.8, 4) is 17.2 Å². The molecule has 4 rings (SSSR count). The molecule has 0 aliphatic carbocycles. The number of carbonyl (C=O) groups excluding carboxylic acids is 2. The minimum Gasteiger partial charge on any atom is -0.486 e. The van der Waals surface area contributed by atoms with Crippen LogP contribution in [-0.4, -0.2) is 43.2 Å². The fourth-order valence-electron chi connectivity index (χ4n) is 3.21. The first kappa shape index (κ1) is 23.1. The molecule has 1 aliphatic heterocycles. The Balaban J connectivity index is 1.41. The van der Waals surface area contributed by atoms with Gasteiger partial charge in [-0.2, -0.15) is 0 Å². The summed E-state index contributed by atoms with van der Waals surface area (Å²) >= 11 is 1.49. The van der Waals surface area contributed by atoms with Crippen molar-refractivity contribution in [1.29, 1.82) is 0 Å². The number of amides is 1. The molecule has 0 radical (unpaired) electrons. The molecule has 0 spiro atoms. The van der Waals surface area contributed by atoms with Crippen molar-refractivity contribution in [2.75, 3.05) is 31.3 Å². The molecule has 1 aliphatic rings. The maximum atomic E-state index is 13.0. The number of hydrogen-bond acceptors (Lipinski definition) is 9. The Morgan fingerprint density at radius 3 is 2.59 bits per heavy atom. The van der Waals surface area contributed by atoms with Crippen LogP contribution in [0.2, 0.25) is 0 Å². The van der Waals surface area contributed by atoms with Gasteiger partial charge in [-0.25, -0.2) is 4.79 Å². The smallest absolute Gasteiger partial charge is 0.344 e. The van der Waals surface area contributed by atoms with Gasteiger partial charge in [0.05, 0.1) is 11.5 Å². The van der Waals surface area contributed by atoms with Gasteiger partial charge < -0.3 is 23.8 Å². The van der Waals surface area contributed by atoms with Crippen molar-refractivity contribution in [3.63, 3.8) is 0 Å². The molecule has 3 aromatic rings. The van der Waals surface area contributed by atoms with E-state index in [2.05, 4.69) is 0 Å². The number of para-hydroxylation sites is 2. The molecule has 1 aromatic heterocycles. The molecule has 0 N–H and O–H groups in total. The Labute approximate surface area is 198 Å². The minimum atomic E-state index is -0.829. The number of esters is 1. The number of nitro benzene ring substituents is 1. The zero-order chi connectivity index (χ0) is 23.9. The second kappa shape index (κ2) is 10.7. The summed E-state index contributed by atoms with van der Waals surface area (Å²) in [6.07, 6.45) is 0. The van der Waals surface area contributed by atoms with E-state index in [1.54, 1.807) is 24.3 Å². The van der Waals surface area contributed by atoms with Crippen LogP contribution in [0.4, 0.5) is 11.4 Å². The van der Waals surface area contributed by atoms with Crippen molar-refractivity contribution in [2.45, 2.75) is 6.54 Å². The van der Waals surface area contributed by atoms with Crippen LogP contribution in [0.5, 0.6) is 17.2 Å². The van der Waals surface area contributed by atoms with E-state index in [4.69, 9.17) is 18.9 Å². The lowest BCUT2D eigenvalue weighted by Crippen LogP contribution is -2.34. The highest BCUT2D eigenvalue weighted by Gasteiger charge is 2.22. The van der Waals surface area contributed by atoms with Gasteiger partial charge in [0.25, 0.3) is 5.91 Å². The van der Waals surface area contributed by atoms with Crippen LogP contribution in [0.3, 0.4) is 0 Å². The van der Waals surface area contributed by atoms with Crippen LogP contribution in [0.1, 0.15) is 4.88 Å². The van der Waals surface area contributed by atoms with Crippen LogP contribution < -0.4 is 19.1 Å². The molecule has 10 nitrogen and oxygen atoms in total. The average Bonchev–Trinajstić information content (AvgIpc) is 3.38. The first-order valence-corrected chi connectivity index (χ1v) is 11.1. The quantitative estimate of drug-likeness (QED) is 0.257. The standard InChI is InChI=1S/C23H20N2O8S/c26-22(14-33-23(27)15-32-19-6-2-1-5-18(19)25(28)29)24(13-17-4-3-11-34-17)16-7-8-20-21(12-16)31-10-9-30-20/h1-8,11-12H,9-10,13-15H2. The fourth-order valence-corrected chi connectivity index (χ4v) is 3.90.